The molecule has 0 aromatic heterocycles. The number of para-hydroxylation sites is 1. The first-order valence-corrected chi connectivity index (χ1v) is 10.6. The fraction of sp³-hybridized carbons (Fsp3) is 0.619. The van der Waals surface area contributed by atoms with E-state index in [1.807, 2.05) is 0 Å². The molecule has 2 aliphatic heterocycles. The molecule has 1 saturated heterocycles. The number of aliphatic hydroxyl groups excluding tert-OH is 1. The van der Waals surface area contributed by atoms with Crippen LogP contribution in [-0.2, 0) is 16.0 Å². The number of rotatable bonds is 7. The number of halogens is 3. The van der Waals surface area contributed by atoms with Crippen molar-refractivity contribution in [3.05, 3.63) is 23.8 Å². The van der Waals surface area contributed by atoms with Gasteiger partial charge in [-0.15, -0.1) is 0 Å². The Morgan fingerprint density at radius 3 is 2.59 bits per heavy atom. The van der Waals surface area contributed by atoms with E-state index in [2.05, 4.69) is 5.32 Å². The van der Waals surface area contributed by atoms with E-state index in [0.29, 0.717) is 47.6 Å². The van der Waals surface area contributed by atoms with Crippen LogP contribution in [-0.4, -0.2) is 58.4 Å². The van der Waals surface area contributed by atoms with Crippen LogP contribution >= 0.6 is 0 Å². The van der Waals surface area contributed by atoms with Crippen molar-refractivity contribution in [3.63, 3.8) is 0 Å². The number of fused-ring (bicyclic) bond motifs is 1. The van der Waals surface area contributed by atoms with Gasteiger partial charge in [0.2, 0.25) is 12.7 Å². The number of carboxylic acids is 1. The lowest BCUT2D eigenvalue weighted by atomic mass is 9.81. The summed E-state index contributed by atoms with van der Waals surface area (Å²) in [7, 11) is 0. The van der Waals surface area contributed by atoms with Gasteiger partial charge in [0.1, 0.15) is 12.1 Å². The molecule has 4 atom stereocenters. The summed E-state index contributed by atoms with van der Waals surface area (Å²) in [6, 6.07) is 1.52. The van der Waals surface area contributed by atoms with Crippen molar-refractivity contribution in [2.45, 2.75) is 63.1 Å². The Morgan fingerprint density at radius 2 is 1.94 bits per heavy atom. The van der Waals surface area contributed by atoms with Crippen LogP contribution in [0.15, 0.2) is 18.2 Å². The van der Waals surface area contributed by atoms with E-state index in [1.54, 1.807) is 18.2 Å². The molecule has 176 valence electrons. The predicted molar refractivity (Wildman–Crippen MR) is 104 cm³/mol. The smallest absolute Gasteiger partial charge is 0.404 e. The van der Waals surface area contributed by atoms with Crippen molar-refractivity contribution < 1.29 is 42.4 Å². The number of carbonyl (C=O) groups is 2. The number of aliphatic hydroxyl groups is 1. The number of hydrogen-bond acceptors (Lipinski definition) is 6. The summed E-state index contributed by atoms with van der Waals surface area (Å²) in [4.78, 5) is 25.2. The number of amides is 1. The van der Waals surface area contributed by atoms with E-state index < -0.39 is 48.3 Å². The van der Waals surface area contributed by atoms with Gasteiger partial charge in [0.15, 0.2) is 17.9 Å². The number of nitrogens with zero attached hydrogens (tertiary/aromatic N) is 1. The van der Waals surface area contributed by atoms with Gasteiger partial charge in [0, 0.05) is 0 Å². The molecule has 8 nitrogen and oxygen atoms in total. The number of β-lactam (4-membered cyclic amide) rings is 1. The fourth-order valence-corrected chi connectivity index (χ4v) is 4.93. The Kier molecular flexibility index (Phi) is 6.22. The van der Waals surface area contributed by atoms with Crippen molar-refractivity contribution in [2.75, 3.05) is 6.79 Å². The number of hydrogen-bond donors (Lipinski definition) is 3. The zero-order valence-corrected chi connectivity index (χ0v) is 17.2. The summed E-state index contributed by atoms with van der Waals surface area (Å²) in [5, 5.41) is 22.2. The normalized spacial score (nSPS) is 25.4. The summed E-state index contributed by atoms with van der Waals surface area (Å²) in [6.07, 6.45) is -3.83. The van der Waals surface area contributed by atoms with Gasteiger partial charge in [-0.25, -0.2) is 4.79 Å². The topological polar surface area (TPSA) is 108 Å². The maximum Gasteiger partial charge on any atom is 0.404 e. The van der Waals surface area contributed by atoms with Gasteiger partial charge in [0.05, 0.1) is 5.92 Å². The second-order valence-electron chi connectivity index (χ2n) is 8.45. The third-order valence-electron chi connectivity index (χ3n) is 6.49. The van der Waals surface area contributed by atoms with Crippen LogP contribution in [0.4, 0.5) is 13.2 Å². The maximum atomic E-state index is 13.7. The highest BCUT2D eigenvalue weighted by Crippen LogP contribution is 2.40. The van der Waals surface area contributed by atoms with Crippen LogP contribution in [0.5, 0.6) is 11.5 Å². The number of nitrogens with one attached hydrogen (secondary N) is 1. The third kappa shape index (κ3) is 4.23. The van der Waals surface area contributed by atoms with E-state index in [0.717, 1.165) is 6.42 Å². The Bertz CT molecular complexity index is 874. The number of alkyl halides is 3. The lowest BCUT2D eigenvalue weighted by Crippen LogP contribution is -2.72. The zero-order chi connectivity index (χ0) is 23.0. The molecule has 0 spiro atoms. The molecule has 2 heterocycles. The third-order valence-corrected chi connectivity index (χ3v) is 6.49. The molecule has 1 aliphatic carbocycles. The zero-order valence-electron chi connectivity index (χ0n) is 17.2. The minimum atomic E-state index is -4.64. The molecule has 1 amide bonds. The molecule has 3 aliphatic rings. The Morgan fingerprint density at radius 1 is 1.22 bits per heavy atom. The van der Waals surface area contributed by atoms with Crippen LogP contribution < -0.4 is 14.8 Å². The molecular formula is C21H25F3N2O6. The molecule has 4 rings (SSSR count). The predicted octanol–water partition coefficient (Wildman–Crippen LogP) is 2.25. The van der Waals surface area contributed by atoms with Gasteiger partial charge in [-0.3, -0.25) is 15.0 Å². The number of benzene rings is 1. The van der Waals surface area contributed by atoms with Crippen molar-refractivity contribution in [1.29, 1.82) is 0 Å². The molecular weight excluding hydrogens is 433 g/mol. The van der Waals surface area contributed by atoms with Crippen LogP contribution in [0.25, 0.3) is 0 Å². The van der Waals surface area contributed by atoms with Gasteiger partial charge in [-0.05, 0) is 36.8 Å². The van der Waals surface area contributed by atoms with Crippen molar-refractivity contribution in [1.82, 2.24) is 10.2 Å². The number of carboxylic acid groups (broad SMARTS) is 1. The van der Waals surface area contributed by atoms with Gasteiger partial charge in [0.25, 0.3) is 0 Å². The average Bonchev–Trinajstić information content (AvgIpc) is 3.22. The average molecular weight is 458 g/mol. The molecule has 2 fully saturated rings. The Labute approximate surface area is 182 Å². The highest BCUT2D eigenvalue weighted by Gasteiger charge is 2.56. The highest BCUT2D eigenvalue weighted by molar-refractivity contribution is 5.97. The molecule has 11 heteroatoms. The fourth-order valence-electron chi connectivity index (χ4n) is 4.93. The second-order valence-corrected chi connectivity index (χ2v) is 8.45. The summed E-state index contributed by atoms with van der Waals surface area (Å²) in [6.45, 7) is 0.00206. The molecule has 1 saturated carbocycles. The van der Waals surface area contributed by atoms with Crippen LogP contribution in [0.2, 0.25) is 0 Å². The first-order chi connectivity index (χ1) is 15.2. The SMILES string of the molecule is O=C(O)[C@@H]1[C@@H](Cc2cccc3c2OCO3)C(=O)N1C(O)N[C@@H](C1CCCCC1)C(F)(F)F. The number of ether oxygens (including phenoxy) is 2. The minimum Gasteiger partial charge on any atom is -0.480 e. The van der Waals surface area contributed by atoms with Crippen LogP contribution in [0.1, 0.15) is 37.7 Å². The van der Waals surface area contributed by atoms with Gasteiger partial charge in [-0.2, -0.15) is 13.2 Å². The lowest BCUT2D eigenvalue weighted by Gasteiger charge is -2.48. The van der Waals surface area contributed by atoms with Crippen LogP contribution in [0, 0.1) is 11.8 Å². The number of aliphatic carboxylic acids is 1. The molecule has 0 bridgehead atoms. The number of likely N-dealkylation sites (tertiary alicyclic amines) is 1. The van der Waals surface area contributed by atoms with E-state index in [9.17, 15) is 33.0 Å². The monoisotopic (exact) mass is 458 g/mol. The van der Waals surface area contributed by atoms with Gasteiger partial charge >= 0.3 is 12.1 Å². The van der Waals surface area contributed by atoms with Gasteiger partial charge in [-0.1, -0.05) is 31.4 Å². The lowest BCUT2D eigenvalue weighted by molar-refractivity contribution is -0.209. The Balaban J connectivity index is 1.49. The molecule has 1 aromatic rings. The second kappa shape index (κ2) is 8.78. The molecule has 32 heavy (non-hydrogen) atoms. The van der Waals surface area contributed by atoms with Gasteiger partial charge < -0.3 is 19.7 Å². The van der Waals surface area contributed by atoms with E-state index >= 15 is 0 Å². The van der Waals surface area contributed by atoms with Crippen molar-refractivity contribution in [2.24, 2.45) is 11.8 Å². The first-order valence-electron chi connectivity index (χ1n) is 10.6. The largest absolute Gasteiger partial charge is 0.480 e. The quantitative estimate of drug-likeness (QED) is 0.425. The van der Waals surface area contributed by atoms with Crippen molar-refractivity contribution >= 4 is 11.9 Å². The van der Waals surface area contributed by atoms with Crippen LogP contribution in [0.3, 0.4) is 0 Å². The van der Waals surface area contributed by atoms with E-state index in [-0.39, 0.29) is 13.2 Å². The minimum absolute atomic E-state index is 0.00206. The molecule has 3 N–H and O–H groups in total. The standard InChI is InChI=1S/C21H25F3N2O6/c22-21(23,24)17(11-5-2-1-3-6-11)25-20(30)26-15(19(28)29)13(18(26)27)9-12-7-4-8-14-16(12)32-10-31-14/h4,7-8,11,13,15,17,20,25,30H,1-3,5-6,9-10H2,(H,28,29)/t13-,15+,17+,20?/m1/s1. The number of carbonyl (C=O) groups excluding carboxylic acids is 1. The van der Waals surface area contributed by atoms with E-state index in [4.69, 9.17) is 9.47 Å². The molecule has 1 unspecified atom stereocenters. The summed E-state index contributed by atoms with van der Waals surface area (Å²) >= 11 is 0. The maximum absolute atomic E-state index is 13.7. The molecule has 1 aromatic carbocycles. The van der Waals surface area contributed by atoms with Crippen molar-refractivity contribution in [3.8, 4) is 11.5 Å². The Hall–Kier alpha value is -2.53. The summed E-state index contributed by atoms with van der Waals surface area (Å²) in [5.41, 5.74) is 0.557. The highest BCUT2D eigenvalue weighted by atomic mass is 19.4. The summed E-state index contributed by atoms with van der Waals surface area (Å²) in [5.74, 6) is -3.03. The molecule has 0 radical (unpaired) electrons. The van der Waals surface area contributed by atoms with E-state index in [1.165, 1.54) is 0 Å². The summed E-state index contributed by atoms with van der Waals surface area (Å²) < 4.78 is 51.7. The first kappa shape index (κ1) is 22.7.